The average Bonchev–Trinajstić information content (AvgIpc) is 3.23. The van der Waals surface area contributed by atoms with Crippen LogP contribution in [0.3, 0.4) is 0 Å². The van der Waals surface area contributed by atoms with Crippen LogP contribution < -0.4 is 5.32 Å². The number of nitrogens with zero attached hydrogens (tertiary/aromatic N) is 4. The summed E-state index contributed by atoms with van der Waals surface area (Å²) in [4.78, 5) is 9.66. The Kier molecular flexibility index (Phi) is 8.56. The van der Waals surface area contributed by atoms with E-state index < -0.39 is 0 Å². The number of aryl methyl sites for hydroxylation is 1. The van der Waals surface area contributed by atoms with Gasteiger partial charge in [-0.05, 0) is 43.7 Å². The number of benzene rings is 1. The molecule has 6 nitrogen and oxygen atoms in total. The largest absolute Gasteiger partial charge is 0.359 e. The molecule has 2 aliphatic rings. The van der Waals surface area contributed by atoms with Gasteiger partial charge in [0.05, 0.1) is 12.2 Å². The van der Waals surface area contributed by atoms with Crippen LogP contribution in [0.5, 0.6) is 0 Å². The van der Waals surface area contributed by atoms with E-state index in [4.69, 9.17) is 4.52 Å². The summed E-state index contributed by atoms with van der Waals surface area (Å²) >= 11 is 0. The molecule has 3 heterocycles. The van der Waals surface area contributed by atoms with Crippen LogP contribution in [0.25, 0.3) is 0 Å². The van der Waals surface area contributed by atoms with Crippen molar-refractivity contribution in [3.8, 4) is 0 Å². The molecule has 4 rings (SSSR count). The van der Waals surface area contributed by atoms with E-state index in [1.807, 2.05) is 13.1 Å². The second-order valence-electron chi connectivity index (χ2n) is 8.20. The lowest BCUT2D eigenvalue weighted by Crippen LogP contribution is -2.56. The van der Waals surface area contributed by atoms with E-state index in [0.29, 0.717) is 18.5 Å². The van der Waals surface area contributed by atoms with E-state index in [-0.39, 0.29) is 24.0 Å². The van der Waals surface area contributed by atoms with Crippen LogP contribution in [-0.4, -0.2) is 53.6 Å². The summed E-state index contributed by atoms with van der Waals surface area (Å²) in [5, 5.41) is 7.54. The van der Waals surface area contributed by atoms with Crippen molar-refractivity contribution >= 4 is 29.9 Å². The van der Waals surface area contributed by atoms with E-state index in [1.165, 1.54) is 31.4 Å². The highest BCUT2D eigenvalue weighted by Crippen LogP contribution is 2.31. The van der Waals surface area contributed by atoms with Crippen molar-refractivity contribution in [1.82, 2.24) is 20.3 Å². The van der Waals surface area contributed by atoms with E-state index in [2.05, 4.69) is 62.5 Å². The summed E-state index contributed by atoms with van der Waals surface area (Å²) in [5.74, 6) is 2.54. The van der Waals surface area contributed by atoms with Crippen molar-refractivity contribution in [2.75, 3.05) is 26.7 Å². The van der Waals surface area contributed by atoms with Gasteiger partial charge < -0.3 is 14.7 Å². The first kappa shape index (κ1) is 23.1. The molecule has 0 amide bonds. The summed E-state index contributed by atoms with van der Waals surface area (Å²) < 4.78 is 5.40. The number of nitrogens with one attached hydrogen (secondary N) is 1. The van der Waals surface area contributed by atoms with Gasteiger partial charge in [-0.2, -0.15) is 0 Å². The third-order valence-electron chi connectivity index (χ3n) is 6.31. The Labute approximate surface area is 197 Å². The molecule has 1 aromatic heterocycles. The van der Waals surface area contributed by atoms with Crippen LogP contribution in [-0.2, 0) is 19.5 Å². The number of rotatable bonds is 5. The van der Waals surface area contributed by atoms with Gasteiger partial charge >= 0.3 is 0 Å². The van der Waals surface area contributed by atoms with Gasteiger partial charge in [0.25, 0.3) is 0 Å². The first-order chi connectivity index (χ1) is 14.3. The maximum absolute atomic E-state index is 5.40. The van der Waals surface area contributed by atoms with Crippen molar-refractivity contribution < 1.29 is 4.52 Å². The molecule has 1 N–H and O–H groups in total. The van der Waals surface area contributed by atoms with Crippen LogP contribution in [0, 0.1) is 5.92 Å². The molecule has 0 saturated carbocycles. The molecule has 7 heteroatoms. The predicted octanol–water partition coefficient (Wildman–Crippen LogP) is 3.92. The molecular formula is C23H34IN5O. The summed E-state index contributed by atoms with van der Waals surface area (Å²) in [6.45, 7) is 7.12. The van der Waals surface area contributed by atoms with Crippen LogP contribution >= 0.6 is 24.0 Å². The normalized spacial score (nSPS) is 22.3. The van der Waals surface area contributed by atoms with Gasteiger partial charge in [0.2, 0.25) is 0 Å². The summed E-state index contributed by atoms with van der Waals surface area (Å²) in [6, 6.07) is 13.6. The lowest BCUT2D eigenvalue weighted by molar-refractivity contribution is 0.0372. The number of hydrogen-bond donors (Lipinski definition) is 1. The Balaban J connectivity index is 0.00000256. The van der Waals surface area contributed by atoms with E-state index >= 15 is 0 Å². The number of likely N-dealkylation sites (tertiary alicyclic amines) is 2. The Morgan fingerprint density at radius 3 is 2.80 bits per heavy atom. The highest BCUT2D eigenvalue weighted by Gasteiger charge is 2.36. The van der Waals surface area contributed by atoms with Gasteiger partial charge in [-0.25, -0.2) is 0 Å². The van der Waals surface area contributed by atoms with E-state index in [9.17, 15) is 0 Å². The van der Waals surface area contributed by atoms with Crippen LogP contribution in [0.1, 0.15) is 43.2 Å². The molecule has 0 spiro atoms. The summed E-state index contributed by atoms with van der Waals surface area (Å²) in [5.41, 5.74) is 2.42. The summed E-state index contributed by atoms with van der Waals surface area (Å²) in [6.07, 6.45) is 4.69. The second-order valence-corrected chi connectivity index (χ2v) is 8.20. The standard InChI is InChI=1S/C23H33N5O.HI/c1-3-20-14-21(29-26-20)15-25-23(24-2)28-13-11-22-19(17-28)10-7-12-27(22)16-18-8-5-4-6-9-18;/h4-6,8-9,14,19,22H,3,7,10-13,15-17H2,1-2H3,(H,24,25);1H. The number of piperidine rings is 2. The quantitative estimate of drug-likeness (QED) is 0.366. The lowest BCUT2D eigenvalue weighted by atomic mass is 9.83. The molecule has 2 unspecified atom stereocenters. The average molecular weight is 523 g/mol. The van der Waals surface area contributed by atoms with Gasteiger partial charge in [-0.3, -0.25) is 9.89 Å². The van der Waals surface area contributed by atoms with Gasteiger partial charge in [0, 0.05) is 38.8 Å². The number of guanidine groups is 1. The topological polar surface area (TPSA) is 56.9 Å². The monoisotopic (exact) mass is 523 g/mol. The molecule has 0 bridgehead atoms. The Morgan fingerprint density at radius 1 is 1.23 bits per heavy atom. The lowest BCUT2D eigenvalue weighted by Gasteiger charge is -2.48. The first-order valence-electron chi connectivity index (χ1n) is 10.9. The van der Waals surface area contributed by atoms with Gasteiger partial charge in [-0.1, -0.05) is 42.4 Å². The third-order valence-corrected chi connectivity index (χ3v) is 6.31. The zero-order valence-electron chi connectivity index (χ0n) is 18.1. The number of hydrogen-bond acceptors (Lipinski definition) is 4. The molecule has 0 radical (unpaired) electrons. The van der Waals surface area contributed by atoms with E-state index in [0.717, 1.165) is 43.5 Å². The predicted molar refractivity (Wildman–Crippen MR) is 131 cm³/mol. The number of fused-ring (bicyclic) bond motifs is 1. The molecule has 1 aromatic carbocycles. The Hall–Kier alpha value is -1.61. The molecule has 2 fully saturated rings. The van der Waals surface area contributed by atoms with Crippen molar-refractivity contribution in [1.29, 1.82) is 0 Å². The number of aliphatic imine (C=N–C) groups is 1. The van der Waals surface area contributed by atoms with Gasteiger partial charge in [0.15, 0.2) is 11.7 Å². The zero-order valence-corrected chi connectivity index (χ0v) is 20.4. The molecule has 0 aliphatic carbocycles. The second kappa shape index (κ2) is 11.1. The molecule has 2 aromatic rings. The number of halogens is 1. The molecule has 2 aliphatic heterocycles. The SMILES string of the molecule is CCc1cc(CNC(=NC)N2CCC3C(CCCN3Cc3ccccc3)C2)on1.I. The number of aromatic nitrogens is 1. The van der Waals surface area contributed by atoms with Crippen LogP contribution in [0.4, 0.5) is 0 Å². The maximum atomic E-state index is 5.40. The Bertz CT molecular complexity index is 809. The third kappa shape index (κ3) is 5.55. The highest BCUT2D eigenvalue weighted by molar-refractivity contribution is 14.0. The molecule has 2 atom stereocenters. The first-order valence-corrected chi connectivity index (χ1v) is 10.9. The fourth-order valence-electron chi connectivity index (χ4n) is 4.82. The van der Waals surface area contributed by atoms with Crippen LogP contribution in [0.15, 0.2) is 45.9 Å². The molecule has 164 valence electrons. The zero-order chi connectivity index (χ0) is 20.1. The highest BCUT2D eigenvalue weighted by atomic mass is 127. The summed E-state index contributed by atoms with van der Waals surface area (Å²) in [7, 11) is 1.87. The molecular weight excluding hydrogens is 489 g/mol. The molecule has 30 heavy (non-hydrogen) atoms. The van der Waals surface area contributed by atoms with Crippen molar-refractivity contribution in [3.05, 3.63) is 53.4 Å². The van der Waals surface area contributed by atoms with Crippen molar-refractivity contribution in [3.63, 3.8) is 0 Å². The minimum Gasteiger partial charge on any atom is -0.359 e. The maximum Gasteiger partial charge on any atom is 0.194 e. The fraction of sp³-hybridized carbons (Fsp3) is 0.565. The van der Waals surface area contributed by atoms with Gasteiger partial charge in [0.1, 0.15) is 0 Å². The smallest absolute Gasteiger partial charge is 0.194 e. The van der Waals surface area contributed by atoms with Crippen LogP contribution in [0.2, 0.25) is 0 Å². The fourth-order valence-corrected chi connectivity index (χ4v) is 4.82. The Morgan fingerprint density at radius 2 is 2.07 bits per heavy atom. The minimum absolute atomic E-state index is 0. The molecule has 2 saturated heterocycles. The van der Waals surface area contributed by atoms with Gasteiger partial charge in [-0.15, -0.1) is 24.0 Å². The minimum atomic E-state index is 0. The van der Waals surface area contributed by atoms with E-state index in [1.54, 1.807) is 0 Å². The van der Waals surface area contributed by atoms with Crippen molar-refractivity contribution in [2.24, 2.45) is 10.9 Å². The van der Waals surface area contributed by atoms with Crippen molar-refractivity contribution in [2.45, 2.75) is 51.7 Å².